The van der Waals surface area contributed by atoms with Crippen molar-refractivity contribution in [3.8, 4) is 5.75 Å². The molecule has 1 aromatic heterocycles. The maximum Gasteiger partial charge on any atom is 0.278 e. The monoisotopic (exact) mass is 422 g/mol. The Hall–Kier alpha value is -3.45. The molecule has 1 aliphatic heterocycles. The van der Waals surface area contributed by atoms with Crippen molar-refractivity contribution in [2.75, 3.05) is 12.4 Å². The number of imide groups is 1. The van der Waals surface area contributed by atoms with Crippen molar-refractivity contribution < 1.29 is 18.7 Å². The van der Waals surface area contributed by atoms with Gasteiger partial charge in [0.2, 0.25) is 0 Å². The third-order valence-electron chi connectivity index (χ3n) is 4.84. The van der Waals surface area contributed by atoms with E-state index >= 15 is 0 Å². The molecule has 3 aromatic rings. The van der Waals surface area contributed by atoms with Crippen LogP contribution in [0.5, 0.6) is 5.75 Å². The van der Waals surface area contributed by atoms with Gasteiger partial charge in [0.25, 0.3) is 11.8 Å². The van der Waals surface area contributed by atoms with Crippen molar-refractivity contribution in [2.45, 2.75) is 13.5 Å². The number of carbonyl (C=O) groups excluding carboxylic acids is 2. The highest BCUT2D eigenvalue weighted by Gasteiger charge is 2.40. The molecule has 4 rings (SSSR count). The van der Waals surface area contributed by atoms with Crippen LogP contribution in [0, 0.1) is 12.7 Å². The molecule has 5 nitrogen and oxygen atoms in total. The first kappa shape index (κ1) is 19.8. The first-order valence-electron chi connectivity index (χ1n) is 9.29. The summed E-state index contributed by atoms with van der Waals surface area (Å²) in [6.07, 6.45) is 0. The minimum atomic E-state index is -0.504. The number of aryl methyl sites for hydroxylation is 1. The highest BCUT2D eigenvalue weighted by atomic mass is 32.1. The predicted molar refractivity (Wildman–Crippen MR) is 115 cm³/mol. The van der Waals surface area contributed by atoms with Gasteiger partial charge in [0.1, 0.15) is 17.3 Å². The third kappa shape index (κ3) is 3.59. The van der Waals surface area contributed by atoms with E-state index in [9.17, 15) is 14.0 Å². The van der Waals surface area contributed by atoms with Crippen LogP contribution in [0.4, 0.5) is 10.1 Å². The SMILES string of the molecule is COc1ccc(C)cc1NC1=C(c2cccs2)C(=O)N(Cc2ccccc2F)C1=O. The Labute approximate surface area is 177 Å². The van der Waals surface area contributed by atoms with Gasteiger partial charge in [0, 0.05) is 10.4 Å². The summed E-state index contributed by atoms with van der Waals surface area (Å²) in [7, 11) is 1.54. The lowest BCUT2D eigenvalue weighted by Gasteiger charge is -2.16. The molecular formula is C23H19FN2O3S. The van der Waals surface area contributed by atoms with E-state index in [1.165, 1.54) is 24.5 Å². The molecule has 2 amide bonds. The summed E-state index contributed by atoms with van der Waals surface area (Å²) >= 11 is 1.36. The lowest BCUT2D eigenvalue weighted by molar-refractivity contribution is -0.137. The van der Waals surface area contributed by atoms with E-state index in [1.807, 2.05) is 30.5 Å². The summed E-state index contributed by atoms with van der Waals surface area (Å²) < 4.78 is 19.6. The van der Waals surface area contributed by atoms with Gasteiger partial charge >= 0.3 is 0 Å². The topological polar surface area (TPSA) is 58.6 Å². The van der Waals surface area contributed by atoms with Gasteiger partial charge in [-0.2, -0.15) is 0 Å². The third-order valence-corrected chi connectivity index (χ3v) is 5.72. The van der Waals surface area contributed by atoms with E-state index in [-0.39, 0.29) is 23.4 Å². The molecule has 30 heavy (non-hydrogen) atoms. The molecule has 1 N–H and O–H groups in total. The second kappa shape index (κ2) is 8.12. The molecule has 0 fully saturated rings. The summed E-state index contributed by atoms with van der Waals surface area (Å²) in [5.41, 5.74) is 2.25. The number of nitrogens with zero attached hydrogens (tertiary/aromatic N) is 1. The van der Waals surface area contributed by atoms with Crippen molar-refractivity contribution >= 4 is 34.4 Å². The lowest BCUT2D eigenvalue weighted by Crippen LogP contribution is -2.32. The van der Waals surface area contributed by atoms with Crippen LogP contribution in [0.1, 0.15) is 16.0 Å². The van der Waals surface area contributed by atoms with Crippen molar-refractivity contribution in [1.29, 1.82) is 0 Å². The van der Waals surface area contributed by atoms with E-state index in [4.69, 9.17) is 4.74 Å². The standard InChI is InChI=1S/C23H19FN2O3S/c1-14-9-10-18(29-2)17(12-14)25-21-20(19-8-5-11-30-19)22(27)26(23(21)28)13-15-6-3-4-7-16(15)24/h3-12,25H,13H2,1-2H3. The molecule has 2 aromatic carbocycles. The molecule has 0 saturated carbocycles. The molecule has 7 heteroatoms. The van der Waals surface area contributed by atoms with Gasteiger partial charge < -0.3 is 10.1 Å². The van der Waals surface area contributed by atoms with E-state index in [0.29, 0.717) is 16.3 Å². The molecule has 1 aliphatic rings. The number of nitrogens with one attached hydrogen (secondary N) is 1. The highest BCUT2D eigenvalue weighted by molar-refractivity contribution is 7.11. The van der Waals surface area contributed by atoms with Gasteiger partial charge in [-0.1, -0.05) is 30.3 Å². The molecule has 0 spiro atoms. The Kier molecular flexibility index (Phi) is 5.37. The van der Waals surface area contributed by atoms with E-state index in [0.717, 1.165) is 10.5 Å². The minimum Gasteiger partial charge on any atom is -0.495 e. The van der Waals surface area contributed by atoms with Gasteiger partial charge in [0.15, 0.2) is 0 Å². The number of ether oxygens (including phenoxy) is 1. The molecule has 0 saturated heterocycles. The normalized spacial score (nSPS) is 13.9. The van der Waals surface area contributed by atoms with E-state index in [1.54, 1.807) is 30.3 Å². The first-order chi connectivity index (χ1) is 14.5. The lowest BCUT2D eigenvalue weighted by atomic mass is 10.1. The average Bonchev–Trinajstić information content (AvgIpc) is 3.33. The summed E-state index contributed by atoms with van der Waals surface area (Å²) in [6.45, 7) is 1.78. The molecule has 2 heterocycles. The number of carbonyl (C=O) groups is 2. The Morgan fingerprint density at radius 2 is 1.87 bits per heavy atom. The van der Waals surface area contributed by atoms with Crippen LogP contribution < -0.4 is 10.1 Å². The number of thiophene rings is 1. The zero-order valence-electron chi connectivity index (χ0n) is 16.4. The fourth-order valence-electron chi connectivity index (χ4n) is 3.34. The zero-order valence-corrected chi connectivity index (χ0v) is 17.3. The maximum absolute atomic E-state index is 14.2. The number of anilines is 1. The molecular weight excluding hydrogens is 403 g/mol. The summed E-state index contributed by atoms with van der Waals surface area (Å²) in [5, 5.41) is 4.94. The van der Waals surface area contributed by atoms with Crippen molar-refractivity contribution in [1.82, 2.24) is 4.90 Å². The Balaban J connectivity index is 1.75. The van der Waals surface area contributed by atoms with Crippen LogP contribution in [-0.4, -0.2) is 23.8 Å². The van der Waals surface area contributed by atoms with E-state index < -0.39 is 17.6 Å². The fourth-order valence-corrected chi connectivity index (χ4v) is 4.10. The quantitative estimate of drug-likeness (QED) is 0.590. The van der Waals surface area contributed by atoms with Gasteiger partial charge in [-0.25, -0.2) is 4.39 Å². The zero-order chi connectivity index (χ0) is 21.3. The average molecular weight is 422 g/mol. The smallest absolute Gasteiger partial charge is 0.278 e. The summed E-state index contributed by atoms with van der Waals surface area (Å²) in [4.78, 5) is 28.2. The molecule has 152 valence electrons. The molecule has 0 aliphatic carbocycles. The Morgan fingerprint density at radius 3 is 2.57 bits per heavy atom. The van der Waals surface area contributed by atoms with E-state index in [2.05, 4.69) is 5.32 Å². The largest absolute Gasteiger partial charge is 0.495 e. The van der Waals surface area contributed by atoms with Crippen LogP contribution in [0.25, 0.3) is 5.57 Å². The van der Waals surface area contributed by atoms with Gasteiger partial charge in [-0.05, 0) is 42.1 Å². The number of methoxy groups -OCH3 is 1. The van der Waals surface area contributed by atoms with Gasteiger partial charge in [-0.3, -0.25) is 14.5 Å². The number of benzene rings is 2. The van der Waals surface area contributed by atoms with Crippen LogP contribution in [0.15, 0.2) is 65.7 Å². The van der Waals surface area contributed by atoms with Gasteiger partial charge in [-0.15, -0.1) is 11.3 Å². The van der Waals surface area contributed by atoms with Crippen molar-refractivity contribution in [2.24, 2.45) is 0 Å². The second-order valence-electron chi connectivity index (χ2n) is 6.84. The summed E-state index contributed by atoms with van der Waals surface area (Å²) in [6, 6.07) is 15.2. The number of halogens is 1. The highest BCUT2D eigenvalue weighted by Crippen LogP contribution is 2.36. The van der Waals surface area contributed by atoms with Gasteiger partial charge in [0.05, 0.1) is 24.9 Å². The molecule has 0 atom stereocenters. The number of amides is 2. The summed E-state index contributed by atoms with van der Waals surface area (Å²) in [5.74, 6) is -0.876. The number of hydrogen-bond donors (Lipinski definition) is 1. The number of rotatable bonds is 6. The maximum atomic E-state index is 14.2. The molecule has 0 unspecified atom stereocenters. The minimum absolute atomic E-state index is 0.144. The van der Waals surface area contributed by atoms with Crippen LogP contribution in [0.2, 0.25) is 0 Å². The van der Waals surface area contributed by atoms with Crippen molar-refractivity contribution in [3.05, 3.63) is 87.5 Å². The Morgan fingerprint density at radius 1 is 1.07 bits per heavy atom. The second-order valence-corrected chi connectivity index (χ2v) is 7.79. The molecule has 0 radical (unpaired) electrons. The van der Waals surface area contributed by atoms with Crippen molar-refractivity contribution in [3.63, 3.8) is 0 Å². The Bertz CT molecular complexity index is 1160. The van der Waals surface area contributed by atoms with Crippen LogP contribution in [0.3, 0.4) is 0 Å². The fraction of sp³-hybridized carbons (Fsp3) is 0.130. The molecule has 0 bridgehead atoms. The van der Waals surface area contributed by atoms with Crippen LogP contribution in [-0.2, 0) is 16.1 Å². The first-order valence-corrected chi connectivity index (χ1v) is 10.2. The van der Waals surface area contributed by atoms with Crippen LogP contribution >= 0.6 is 11.3 Å². The number of hydrogen-bond acceptors (Lipinski definition) is 5. The predicted octanol–water partition coefficient (Wildman–Crippen LogP) is 4.60.